The zero-order valence-corrected chi connectivity index (χ0v) is 21.4. The Balaban J connectivity index is 1.79. The maximum Gasteiger partial charge on any atom is 0.255 e. The van der Waals surface area contributed by atoms with Crippen LogP contribution in [0.3, 0.4) is 0 Å². The minimum absolute atomic E-state index is 0.136. The molecule has 3 aromatic rings. The number of aromatic nitrogens is 1. The molecule has 0 bridgehead atoms. The van der Waals surface area contributed by atoms with Gasteiger partial charge in [0.2, 0.25) is 15.7 Å². The molecule has 0 unspecified atom stereocenters. The lowest BCUT2D eigenvalue weighted by molar-refractivity contribution is 0.0703. The lowest BCUT2D eigenvalue weighted by atomic mass is 10.0. The standard InChI is InChI=1S/C25H30FN3O6S/c1-27-24(30)21-20-15-19(16-5-6-16)23(29(36(3,31)32)11-4-12-34-14-13-33-2)28-25(20)35-22(21)17-7-9-18(26)10-8-17/h7-10,15-16H,4-6,11-14H2,1-3H3,(H,27,30). The fourth-order valence-electron chi connectivity index (χ4n) is 4.06. The summed E-state index contributed by atoms with van der Waals surface area (Å²) in [4.78, 5) is 17.5. The van der Waals surface area contributed by atoms with Crippen molar-refractivity contribution in [2.45, 2.75) is 25.2 Å². The largest absolute Gasteiger partial charge is 0.437 e. The van der Waals surface area contributed by atoms with E-state index in [9.17, 15) is 17.6 Å². The molecule has 1 amide bonds. The van der Waals surface area contributed by atoms with Crippen molar-refractivity contribution in [1.29, 1.82) is 0 Å². The highest BCUT2D eigenvalue weighted by Gasteiger charge is 2.34. The average molecular weight is 520 g/mol. The molecule has 1 N–H and O–H groups in total. The monoisotopic (exact) mass is 519 g/mol. The number of carbonyl (C=O) groups is 1. The topological polar surface area (TPSA) is 111 Å². The van der Waals surface area contributed by atoms with Crippen LogP contribution >= 0.6 is 0 Å². The van der Waals surface area contributed by atoms with Crippen LogP contribution in [0.5, 0.6) is 0 Å². The number of anilines is 1. The number of carbonyl (C=O) groups excluding carboxylic acids is 1. The highest BCUT2D eigenvalue weighted by Crippen LogP contribution is 2.46. The number of sulfonamides is 1. The molecule has 1 fully saturated rings. The summed E-state index contributed by atoms with van der Waals surface area (Å²) in [5.74, 6) is -0.110. The summed E-state index contributed by atoms with van der Waals surface area (Å²) in [5.41, 5.74) is 1.68. The van der Waals surface area contributed by atoms with Crippen molar-refractivity contribution in [3.05, 3.63) is 47.3 Å². The van der Waals surface area contributed by atoms with Gasteiger partial charge in [-0.2, -0.15) is 4.98 Å². The molecule has 11 heteroatoms. The molecule has 0 atom stereocenters. The number of benzene rings is 1. The predicted octanol–water partition coefficient (Wildman–Crippen LogP) is 3.69. The molecule has 0 radical (unpaired) electrons. The molecule has 0 aliphatic heterocycles. The lowest BCUT2D eigenvalue weighted by Gasteiger charge is -2.23. The molecule has 1 aromatic carbocycles. The minimum Gasteiger partial charge on any atom is -0.437 e. The van der Waals surface area contributed by atoms with Crippen molar-refractivity contribution in [2.24, 2.45) is 0 Å². The van der Waals surface area contributed by atoms with Crippen molar-refractivity contribution in [3.63, 3.8) is 0 Å². The molecule has 1 saturated carbocycles. The van der Waals surface area contributed by atoms with Gasteiger partial charge in [-0.25, -0.2) is 12.8 Å². The van der Waals surface area contributed by atoms with Crippen LogP contribution in [-0.4, -0.2) is 66.1 Å². The van der Waals surface area contributed by atoms with Crippen LogP contribution in [0.15, 0.2) is 34.7 Å². The fraction of sp³-hybridized carbons (Fsp3) is 0.440. The van der Waals surface area contributed by atoms with Crippen molar-refractivity contribution < 1.29 is 31.5 Å². The second-order valence-corrected chi connectivity index (χ2v) is 10.6. The van der Waals surface area contributed by atoms with E-state index < -0.39 is 15.8 Å². The summed E-state index contributed by atoms with van der Waals surface area (Å²) in [6, 6.07) is 7.42. The van der Waals surface area contributed by atoms with E-state index in [0.717, 1.165) is 24.7 Å². The van der Waals surface area contributed by atoms with Crippen molar-refractivity contribution in [3.8, 4) is 11.3 Å². The van der Waals surface area contributed by atoms with Crippen LogP contribution in [-0.2, 0) is 19.5 Å². The Morgan fingerprint density at radius 1 is 1.22 bits per heavy atom. The van der Waals surface area contributed by atoms with Gasteiger partial charge in [-0.1, -0.05) is 0 Å². The number of rotatable bonds is 12. The SMILES string of the molecule is CNC(=O)c1c(-c2ccc(F)cc2)oc2nc(N(CCCOCCOC)S(C)(=O)=O)c(C3CC3)cc12. The molecule has 1 aliphatic rings. The molecule has 194 valence electrons. The first-order valence-electron chi connectivity index (χ1n) is 11.7. The summed E-state index contributed by atoms with van der Waals surface area (Å²) in [6.07, 6.45) is 3.40. The van der Waals surface area contributed by atoms with E-state index >= 15 is 0 Å². The number of nitrogens with one attached hydrogen (secondary N) is 1. The van der Waals surface area contributed by atoms with Crippen LogP contribution in [0.25, 0.3) is 22.4 Å². The first-order valence-corrected chi connectivity index (χ1v) is 13.6. The Bertz CT molecular complexity index is 1340. The van der Waals surface area contributed by atoms with E-state index in [4.69, 9.17) is 13.9 Å². The number of nitrogens with zero attached hydrogens (tertiary/aromatic N) is 2. The third kappa shape index (κ3) is 5.69. The van der Waals surface area contributed by atoms with Crippen LogP contribution < -0.4 is 9.62 Å². The number of amides is 1. The van der Waals surface area contributed by atoms with Gasteiger partial charge in [-0.05, 0) is 61.1 Å². The van der Waals surface area contributed by atoms with E-state index in [0.29, 0.717) is 43.0 Å². The van der Waals surface area contributed by atoms with Gasteiger partial charge in [-0.15, -0.1) is 0 Å². The van der Waals surface area contributed by atoms with Crippen molar-refractivity contribution >= 4 is 32.8 Å². The number of pyridine rings is 1. The Morgan fingerprint density at radius 2 is 1.94 bits per heavy atom. The zero-order chi connectivity index (χ0) is 25.9. The first-order chi connectivity index (χ1) is 17.2. The lowest BCUT2D eigenvalue weighted by Crippen LogP contribution is -2.33. The molecular formula is C25H30FN3O6S. The Hall–Kier alpha value is -3.02. The maximum atomic E-state index is 13.5. The first kappa shape index (κ1) is 26.1. The third-order valence-corrected chi connectivity index (χ3v) is 7.14. The molecule has 9 nitrogen and oxygen atoms in total. The molecule has 4 rings (SSSR count). The quantitative estimate of drug-likeness (QED) is 0.363. The second-order valence-electron chi connectivity index (χ2n) is 8.71. The maximum absolute atomic E-state index is 13.5. The third-order valence-electron chi connectivity index (χ3n) is 5.99. The van der Waals surface area contributed by atoms with Crippen LogP contribution in [0.4, 0.5) is 10.2 Å². The molecular weight excluding hydrogens is 489 g/mol. The smallest absolute Gasteiger partial charge is 0.255 e. The Labute approximate surface area is 209 Å². The summed E-state index contributed by atoms with van der Waals surface area (Å²) in [5, 5.41) is 3.11. The molecule has 1 aliphatic carbocycles. The van der Waals surface area contributed by atoms with Gasteiger partial charge in [-0.3, -0.25) is 9.10 Å². The predicted molar refractivity (Wildman–Crippen MR) is 134 cm³/mol. The number of methoxy groups -OCH3 is 1. The molecule has 2 heterocycles. The number of furan rings is 1. The number of hydrogen-bond donors (Lipinski definition) is 1. The minimum atomic E-state index is -3.67. The van der Waals surface area contributed by atoms with Gasteiger partial charge in [0.1, 0.15) is 17.4 Å². The van der Waals surface area contributed by atoms with Crippen LogP contribution in [0.2, 0.25) is 0 Å². The Kier molecular flexibility index (Phi) is 7.91. The highest BCUT2D eigenvalue weighted by molar-refractivity contribution is 7.92. The van der Waals surface area contributed by atoms with Gasteiger partial charge in [0, 0.05) is 32.9 Å². The van der Waals surface area contributed by atoms with Crippen molar-refractivity contribution in [2.75, 3.05) is 51.1 Å². The van der Waals surface area contributed by atoms with Gasteiger partial charge in [0.25, 0.3) is 5.91 Å². The van der Waals surface area contributed by atoms with E-state index in [1.165, 1.54) is 35.6 Å². The van der Waals surface area contributed by atoms with E-state index in [1.54, 1.807) is 7.11 Å². The summed E-state index contributed by atoms with van der Waals surface area (Å²) in [7, 11) is -0.567. The summed E-state index contributed by atoms with van der Waals surface area (Å²) >= 11 is 0. The van der Waals surface area contributed by atoms with E-state index in [1.807, 2.05) is 6.07 Å². The van der Waals surface area contributed by atoms with Gasteiger partial charge in [0.05, 0.1) is 30.4 Å². The number of hydrogen-bond acceptors (Lipinski definition) is 7. The summed E-state index contributed by atoms with van der Waals surface area (Å²) < 4.78 is 56.9. The van der Waals surface area contributed by atoms with Gasteiger partial charge < -0.3 is 19.2 Å². The molecule has 2 aromatic heterocycles. The van der Waals surface area contributed by atoms with E-state index in [-0.39, 0.29) is 35.4 Å². The highest BCUT2D eigenvalue weighted by atomic mass is 32.2. The molecule has 36 heavy (non-hydrogen) atoms. The van der Waals surface area contributed by atoms with Crippen molar-refractivity contribution in [1.82, 2.24) is 10.3 Å². The van der Waals surface area contributed by atoms with E-state index in [2.05, 4.69) is 10.3 Å². The normalized spacial score (nSPS) is 13.8. The van der Waals surface area contributed by atoms with Gasteiger partial charge >= 0.3 is 0 Å². The Morgan fingerprint density at radius 3 is 2.56 bits per heavy atom. The van der Waals surface area contributed by atoms with Gasteiger partial charge in [0.15, 0.2) is 0 Å². The van der Waals surface area contributed by atoms with Crippen LogP contribution in [0, 0.1) is 5.82 Å². The number of halogens is 1. The number of fused-ring (bicyclic) bond motifs is 1. The number of ether oxygens (including phenoxy) is 2. The molecule has 0 saturated heterocycles. The summed E-state index contributed by atoms with van der Waals surface area (Å²) in [6.45, 7) is 1.43. The van der Waals surface area contributed by atoms with Crippen LogP contribution in [0.1, 0.15) is 41.1 Å². The fourth-order valence-corrected chi connectivity index (χ4v) is 4.98. The molecule has 0 spiro atoms. The second kappa shape index (κ2) is 10.9. The zero-order valence-electron chi connectivity index (χ0n) is 20.5. The average Bonchev–Trinajstić information content (AvgIpc) is 3.62.